The summed E-state index contributed by atoms with van der Waals surface area (Å²) in [7, 11) is 0. The third-order valence-electron chi connectivity index (χ3n) is 6.94. The molecule has 2 aromatic carbocycles. The molecule has 2 aromatic rings. The Morgan fingerprint density at radius 2 is 1.60 bits per heavy atom. The Hall–Kier alpha value is -3.17. The number of hydrogen-bond donors (Lipinski definition) is 0. The third-order valence-corrected chi connectivity index (χ3v) is 6.94. The summed E-state index contributed by atoms with van der Waals surface area (Å²) in [4.78, 5) is 28.7. The molecule has 35 heavy (non-hydrogen) atoms. The lowest BCUT2D eigenvalue weighted by atomic mass is 9.77. The number of amides is 2. The van der Waals surface area contributed by atoms with E-state index in [1.54, 1.807) is 11.0 Å². The van der Waals surface area contributed by atoms with Crippen molar-refractivity contribution < 1.29 is 36.3 Å². The SMILES string of the molecule is Cc1ccc(F)c(C(=O)N2CCC3(CCN(C(=O)Cc4ccccc4OC(F)(F)F)C3)CC2)c1F. The van der Waals surface area contributed by atoms with Crippen molar-refractivity contribution in [2.45, 2.75) is 39.0 Å². The van der Waals surface area contributed by atoms with Crippen LogP contribution in [0.1, 0.15) is 40.7 Å². The van der Waals surface area contributed by atoms with Gasteiger partial charge in [0.05, 0.1) is 6.42 Å². The van der Waals surface area contributed by atoms with Crippen LogP contribution in [0.4, 0.5) is 22.0 Å². The number of carbonyl (C=O) groups excluding carboxylic acids is 2. The zero-order valence-corrected chi connectivity index (χ0v) is 19.1. The largest absolute Gasteiger partial charge is 0.573 e. The summed E-state index contributed by atoms with van der Waals surface area (Å²) in [6.45, 7) is 2.94. The maximum absolute atomic E-state index is 14.4. The molecule has 5 nitrogen and oxygen atoms in total. The highest BCUT2D eigenvalue weighted by molar-refractivity contribution is 5.95. The number of nitrogens with zero attached hydrogens (tertiary/aromatic N) is 2. The Labute approximate surface area is 199 Å². The number of carbonyl (C=O) groups is 2. The van der Waals surface area contributed by atoms with Gasteiger partial charge in [-0.25, -0.2) is 8.78 Å². The van der Waals surface area contributed by atoms with Gasteiger partial charge in [0, 0.05) is 31.7 Å². The second kappa shape index (κ2) is 9.47. The first-order valence-corrected chi connectivity index (χ1v) is 11.3. The molecule has 0 radical (unpaired) electrons. The van der Waals surface area contributed by atoms with E-state index in [0.717, 1.165) is 6.07 Å². The van der Waals surface area contributed by atoms with Crippen LogP contribution < -0.4 is 4.74 Å². The molecule has 2 fully saturated rings. The van der Waals surface area contributed by atoms with Crippen molar-refractivity contribution in [3.63, 3.8) is 0 Å². The predicted molar refractivity (Wildman–Crippen MR) is 117 cm³/mol. The van der Waals surface area contributed by atoms with Gasteiger partial charge in [-0.15, -0.1) is 13.2 Å². The number of rotatable bonds is 4. The van der Waals surface area contributed by atoms with E-state index in [0.29, 0.717) is 45.4 Å². The number of benzene rings is 2. The van der Waals surface area contributed by atoms with E-state index in [4.69, 9.17) is 0 Å². The zero-order chi connectivity index (χ0) is 25.4. The molecular weight excluding hydrogens is 471 g/mol. The van der Waals surface area contributed by atoms with Crippen LogP contribution in [0.15, 0.2) is 36.4 Å². The number of ether oxygens (including phenoxy) is 1. The number of halogens is 5. The zero-order valence-electron chi connectivity index (χ0n) is 19.1. The maximum atomic E-state index is 14.4. The number of aryl methyl sites for hydroxylation is 1. The van der Waals surface area contributed by atoms with Crippen LogP contribution in [0, 0.1) is 24.0 Å². The Morgan fingerprint density at radius 3 is 2.26 bits per heavy atom. The summed E-state index contributed by atoms with van der Waals surface area (Å²) < 4.78 is 70.6. The van der Waals surface area contributed by atoms with Gasteiger partial charge in [-0.3, -0.25) is 9.59 Å². The highest BCUT2D eigenvalue weighted by Crippen LogP contribution is 2.41. The van der Waals surface area contributed by atoms with Gasteiger partial charge in [0.2, 0.25) is 5.91 Å². The number of para-hydroxylation sites is 1. The highest BCUT2D eigenvalue weighted by atomic mass is 19.4. The standard InChI is InChI=1S/C25H25F5N2O3/c1-16-6-7-18(26)21(22(16)27)23(34)31-11-8-24(9-12-31)10-13-32(15-24)20(33)14-17-4-2-3-5-19(17)35-25(28,29)30/h2-7H,8-15H2,1H3. The molecule has 0 unspecified atom stereocenters. The average molecular weight is 496 g/mol. The molecule has 2 amide bonds. The van der Waals surface area contributed by atoms with Crippen LogP contribution in [0.2, 0.25) is 0 Å². The van der Waals surface area contributed by atoms with E-state index in [1.807, 2.05) is 0 Å². The maximum Gasteiger partial charge on any atom is 0.573 e. The number of piperidine rings is 1. The molecule has 2 saturated heterocycles. The van der Waals surface area contributed by atoms with Crippen molar-refractivity contribution in [3.8, 4) is 5.75 Å². The average Bonchev–Trinajstić information content (AvgIpc) is 3.21. The van der Waals surface area contributed by atoms with Gasteiger partial charge < -0.3 is 14.5 Å². The lowest BCUT2D eigenvalue weighted by Gasteiger charge is -2.39. The minimum atomic E-state index is -4.85. The van der Waals surface area contributed by atoms with Crippen molar-refractivity contribution in [1.82, 2.24) is 9.80 Å². The minimum absolute atomic E-state index is 0.151. The van der Waals surface area contributed by atoms with Gasteiger partial charge in [-0.2, -0.15) is 0 Å². The molecule has 2 aliphatic heterocycles. The minimum Gasteiger partial charge on any atom is -0.405 e. The molecule has 2 aliphatic rings. The summed E-state index contributed by atoms with van der Waals surface area (Å²) in [5, 5.41) is 0. The number of likely N-dealkylation sites (tertiary alicyclic amines) is 2. The Bertz CT molecular complexity index is 1130. The van der Waals surface area contributed by atoms with E-state index in [9.17, 15) is 31.5 Å². The second-order valence-corrected chi connectivity index (χ2v) is 9.24. The van der Waals surface area contributed by atoms with Gasteiger partial charge in [0.15, 0.2) is 0 Å². The summed E-state index contributed by atoms with van der Waals surface area (Å²) >= 11 is 0. The Balaban J connectivity index is 1.37. The lowest BCUT2D eigenvalue weighted by Crippen LogP contribution is -2.45. The topological polar surface area (TPSA) is 49.9 Å². The lowest BCUT2D eigenvalue weighted by molar-refractivity contribution is -0.274. The molecule has 0 aromatic heterocycles. The quantitative estimate of drug-likeness (QED) is 0.568. The monoisotopic (exact) mass is 496 g/mol. The Morgan fingerprint density at radius 1 is 0.971 bits per heavy atom. The van der Waals surface area contributed by atoms with Crippen LogP contribution in [0.25, 0.3) is 0 Å². The first kappa shape index (κ1) is 24.9. The van der Waals surface area contributed by atoms with Gasteiger partial charge >= 0.3 is 6.36 Å². The predicted octanol–water partition coefficient (Wildman–Crippen LogP) is 4.87. The molecule has 4 rings (SSSR count). The van der Waals surface area contributed by atoms with E-state index in [1.165, 1.54) is 36.1 Å². The molecular formula is C25H25F5N2O3. The summed E-state index contributed by atoms with van der Waals surface area (Å²) in [6.07, 6.45) is -3.27. The summed E-state index contributed by atoms with van der Waals surface area (Å²) in [5.41, 5.74) is -0.448. The molecule has 2 heterocycles. The van der Waals surface area contributed by atoms with E-state index < -0.39 is 35.2 Å². The van der Waals surface area contributed by atoms with Gasteiger partial charge in [0.1, 0.15) is 22.9 Å². The van der Waals surface area contributed by atoms with Crippen LogP contribution >= 0.6 is 0 Å². The second-order valence-electron chi connectivity index (χ2n) is 9.24. The van der Waals surface area contributed by atoms with Crippen LogP contribution in [-0.4, -0.2) is 54.2 Å². The van der Waals surface area contributed by atoms with Crippen molar-refractivity contribution in [2.24, 2.45) is 5.41 Å². The van der Waals surface area contributed by atoms with Crippen molar-refractivity contribution in [3.05, 3.63) is 64.7 Å². The van der Waals surface area contributed by atoms with Crippen LogP contribution in [-0.2, 0) is 11.2 Å². The first-order valence-electron chi connectivity index (χ1n) is 11.3. The third kappa shape index (κ3) is 5.41. The molecule has 0 bridgehead atoms. The van der Waals surface area contributed by atoms with Gasteiger partial charge in [0.25, 0.3) is 5.91 Å². The molecule has 1 spiro atoms. The van der Waals surface area contributed by atoms with E-state index in [2.05, 4.69) is 4.74 Å². The van der Waals surface area contributed by atoms with Gasteiger partial charge in [-0.1, -0.05) is 24.3 Å². The molecule has 188 valence electrons. The fourth-order valence-electron chi connectivity index (χ4n) is 4.90. The smallest absolute Gasteiger partial charge is 0.405 e. The van der Waals surface area contributed by atoms with Crippen molar-refractivity contribution in [1.29, 1.82) is 0 Å². The summed E-state index contributed by atoms with van der Waals surface area (Å²) in [6, 6.07) is 7.92. The van der Waals surface area contributed by atoms with E-state index >= 15 is 0 Å². The van der Waals surface area contributed by atoms with Crippen LogP contribution in [0.5, 0.6) is 5.75 Å². The number of alkyl halides is 3. The molecule has 0 aliphatic carbocycles. The van der Waals surface area contributed by atoms with Crippen molar-refractivity contribution >= 4 is 11.8 Å². The normalized spacial score (nSPS) is 17.7. The van der Waals surface area contributed by atoms with Crippen molar-refractivity contribution in [2.75, 3.05) is 26.2 Å². The summed E-state index contributed by atoms with van der Waals surface area (Å²) in [5.74, 6) is -3.15. The van der Waals surface area contributed by atoms with Crippen LogP contribution in [0.3, 0.4) is 0 Å². The fraction of sp³-hybridized carbons (Fsp3) is 0.440. The molecule has 10 heteroatoms. The van der Waals surface area contributed by atoms with Gasteiger partial charge in [-0.05, 0) is 49.3 Å². The fourth-order valence-corrected chi connectivity index (χ4v) is 4.90. The number of hydrogen-bond acceptors (Lipinski definition) is 3. The first-order chi connectivity index (χ1) is 16.5. The molecule has 0 N–H and O–H groups in total. The molecule has 0 atom stereocenters. The highest BCUT2D eigenvalue weighted by Gasteiger charge is 2.43. The van der Waals surface area contributed by atoms with E-state index in [-0.39, 0.29) is 28.9 Å². The molecule has 0 saturated carbocycles. The Kier molecular flexibility index (Phi) is 6.75.